The number of nitrogens with zero attached hydrogens (tertiary/aromatic N) is 3. The van der Waals surface area contributed by atoms with Crippen LogP contribution in [-0.2, 0) is 6.54 Å². The van der Waals surface area contributed by atoms with Gasteiger partial charge in [0.1, 0.15) is 18.5 Å². The largest absolute Gasteiger partial charge is 0.504 e. The number of fused-ring (bicyclic) bond motifs is 1. The van der Waals surface area contributed by atoms with Crippen LogP contribution in [0.4, 0.5) is 5.82 Å². The van der Waals surface area contributed by atoms with Gasteiger partial charge in [-0.3, -0.25) is 0 Å². The average Bonchev–Trinajstić information content (AvgIpc) is 2.91. The van der Waals surface area contributed by atoms with E-state index in [1.54, 1.807) is 24.4 Å². The molecular formula is C22H19N3O2. The molecule has 2 heterocycles. The molecule has 0 amide bonds. The van der Waals surface area contributed by atoms with Crippen LogP contribution in [0.25, 0.3) is 11.1 Å². The number of pyridine rings is 1. The van der Waals surface area contributed by atoms with E-state index in [0.717, 1.165) is 22.3 Å². The molecule has 0 unspecified atom stereocenters. The summed E-state index contributed by atoms with van der Waals surface area (Å²) in [4.78, 5) is 6.41. The molecule has 0 spiro atoms. The Morgan fingerprint density at radius 2 is 2.04 bits per heavy atom. The molecule has 1 N–H and O–H groups in total. The van der Waals surface area contributed by atoms with Crippen molar-refractivity contribution in [3.05, 3.63) is 71.4 Å². The molecule has 0 saturated carbocycles. The van der Waals surface area contributed by atoms with Gasteiger partial charge in [-0.2, -0.15) is 5.26 Å². The van der Waals surface area contributed by atoms with Gasteiger partial charge in [-0.25, -0.2) is 4.98 Å². The first-order valence-corrected chi connectivity index (χ1v) is 8.82. The van der Waals surface area contributed by atoms with Crippen LogP contribution in [0, 0.1) is 18.3 Å². The molecule has 2 aromatic carbocycles. The van der Waals surface area contributed by atoms with Crippen molar-refractivity contribution in [1.82, 2.24) is 4.98 Å². The fraction of sp³-hybridized carbons (Fsp3) is 0.182. The maximum absolute atomic E-state index is 10.6. The van der Waals surface area contributed by atoms with Crippen LogP contribution in [0.2, 0.25) is 0 Å². The monoisotopic (exact) mass is 357 g/mol. The van der Waals surface area contributed by atoms with Crippen LogP contribution >= 0.6 is 0 Å². The van der Waals surface area contributed by atoms with Crippen LogP contribution in [0.1, 0.15) is 16.7 Å². The first kappa shape index (κ1) is 16.9. The highest BCUT2D eigenvalue weighted by molar-refractivity contribution is 5.72. The SMILES string of the molecule is Cc1ccccc1-c1cc(O)c2c(c1)CN(c1ncccc1C#N)CCO2. The molecule has 0 atom stereocenters. The number of hydrogen-bond acceptors (Lipinski definition) is 5. The first-order chi connectivity index (χ1) is 13.2. The summed E-state index contributed by atoms with van der Waals surface area (Å²) in [6.45, 7) is 3.55. The molecule has 134 valence electrons. The number of phenolic OH excluding ortho intramolecular Hbond substituents is 1. The Kier molecular flexibility index (Phi) is 4.39. The number of nitriles is 1. The lowest BCUT2D eigenvalue weighted by Crippen LogP contribution is -2.26. The van der Waals surface area contributed by atoms with Crippen LogP contribution in [0.5, 0.6) is 11.5 Å². The average molecular weight is 357 g/mol. The quantitative estimate of drug-likeness (QED) is 0.750. The van der Waals surface area contributed by atoms with E-state index in [1.165, 1.54) is 0 Å². The van der Waals surface area contributed by atoms with Gasteiger partial charge in [-0.05, 0) is 47.9 Å². The third kappa shape index (κ3) is 3.18. The normalized spacial score (nSPS) is 13.3. The molecule has 0 saturated heterocycles. The van der Waals surface area contributed by atoms with Crippen molar-refractivity contribution in [2.45, 2.75) is 13.5 Å². The third-order valence-electron chi connectivity index (χ3n) is 4.78. The minimum atomic E-state index is 0.133. The maximum Gasteiger partial charge on any atom is 0.166 e. The van der Waals surface area contributed by atoms with Crippen molar-refractivity contribution in [2.24, 2.45) is 0 Å². The number of benzene rings is 2. The lowest BCUT2D eigenvalue weighted by molar-refractivity contribution is 0.311. The predicted octanol–water partition coefficient (Wildman–Crippen LogP) is 4.03. The highest BCUT2D eigenvalue weighted by Gasteiger charge is 2.22. The smallest absolute Gasteiger partial charge is 0.166 e. The molecule has 5 nitrogen and oxygen atoms in total. The second-order valence-electron chi connectivity index (χ2n) is 6.55. The standard InChI is InChI=1S/C22H19N3O2/c1-15-5-2-3-7-19(15)17-11-18-14-25(9-10-27-21(18)20(26)12-17)22-16(13-23)6-4-8-24-22/h2-8,11-12,26H,9-10,14H2,1H3. The Morgan fingerprint density at radius 1 is 1.19 bits per heavy atom. The number of aromatic hydroxyl groups is 1. The Hall–Kier alpha value is -3.52. The molecule has 5 heteroatoms. The lowest BCUT2D eigenvalue weighted by atomic mass is 9.98. The van der Waals surface area contributed by atoms with Gasteiger partial charge in [0.15, 0.2) is 11.5 Å². The Balaban J connectivity index is 1.78. The number of rotatable bonds is 2. The Bertz CT molecular complexity index is 1040. The molecule has 0 fully saturated rings. The van der Waals surface area contributed by atoms with E-state index in [4.69, 9.17) is 4.74 Å². The van der Waals surface area contributed by atoms with E-state index in [9.17, 15) is 10.4 Å². The van der Waals surface area contributed by atoms with Gasteiger partial charge in [0.05, 0.1) is 12.1 Å². The number of ether oxygens (including phenoxy) is 1. The number of hydrogen-bond donors (Lipinski definition) is 1. The minimum absolute atomic E-state index is 0.133. The van der Waals surface area contributed by atoms with Crippen LogP contribution in [-0.4, -0.2) is 23.2 Å². The van der Waals surface area contributed by atoms with Crippen molar-refractivity contribution < 1.29 is 9.84 Å². The molecule has 4 rings (SSSR count). The zero-order valence-electron chi connectivity index (χ0n) is 15.0. The molecule has 3 aromatic rings. The fourth-order valence-corrected chi connectivity index (χ4v) is 3.47. The zero-order valence-corrected chi connectivity index (χ0v) is 15.0. The van der Waals surface area contributed by atoms with E-state index in [0.29, 0.717) is 36.8 Å². The van der Waals surface area contributed by atoms with E-state index in [2.05, 4.69) is 11.1 Å². The Morgan fingerprint density at radius 3 is 2.85 bits per heavy atom. The number of anilines is 1. The second-order valence-corrected chi connectivity index (χ2v) is 6.55. The van der Waals surface area contributed by atoms with E-state index < -0.39 is 0 Å². The molecule has 1 aliphatic heterocycles. The highest BCUT2D eigenvalue weighted by Crippen LogP contribution is 2.39. The van der Waals surface area contributed by atoms with E-state index in [1.807, 2.05) is 42.2 Å². The minimum Gasteiger partial charge on any atom is -0.504 e. The van der Waals surface area contributed by atoms with Crippen LogP contribution < -0.4 is 9.64 Å². The molecule has 27 heavy (non-hydrogen) atoms. The van der Waals surface area contributed by atoms with Crippen molar-refractivity contribution >= 4 is 5.82 Å². The van der Waals surface area contributed by atoms with Gasteiger partial charge >= 0.3 is 0 Å². The summed E-state index contributed by atoms with van der Waals surface area (Å²) in [7, 11) is 0. The second kappa shape index (κ2) is 7.00. The van der Waals surface area contributed by atoms with E-state index >= 15 is 0 Å². The summed E-state index contributed by atoms with van der Waals surface area (Å²) in [6, 6.07) is 17.6. The first-order valence-electron chi connectivity index (χ1n) is 8.82. The van der Waals surface area contributed by atoms with Gasteiger partial charge in [-0.15, -0.1) is 0 Å². The van der Waals surface area contributed by atoms with Gasteiger partial charge in [-0.1, -0.05) is 24.3 Å². The number of aryl methyl sites for hydroxylation is 1. The summed E-state index contributed by atoms with van der Waals surface area (Å²) in [5.41, 5.74) is 4.55. The third-order valence-corrected chi connectivity index (χ3v) is 4.78. The molecule has 0 radical (unpaired) electrons. The fourth-order valence-electron chi connectivity index (χ4n) is 3.47. The van der Waals surface area contributed by atoms with Crippen molar-refractivity contribution in [3.63, 3.8) is 0 Å². The van der Waals surface area contributed by atoms with Crippen LogP contribution in [0.15, 0.2) is 54.7 Å². The van der Waals surface area contributed by atoms with Crippen LogP contribution in [0.3, 0.4) is 0 Å². The molecule has 1 aliphatic rings. The van der Waals surface area contributed by atoms with E-state index in [-0.39, 0.29) is 5.75 Å². The topological polar surface area (TPSA) is 69.4 Å². The molecule has 0 aliphatic carbocycles. The number of aromatic nitrogens is 1. The summed E-state index contributed by atoms with van der Waals surface area (Å²) >= 11 is 0. The maximum atomic E-state index is 10.6. The lowest BCUT2D eigenvalue weighted by Gasteiger charge is -2.22. The van der Waals surface area contributed by atoms with Gasteiger partial charge in [0.25, 0.3) is 0 Å². The highest BCUT2D eigenvalue weighted by atomic mass is 16.5. The number of phenols is 1. The van der Waals surface area contributed by atoms with Gasteiger partial charge in [0.2, 0.25) is 0 Å². The molecule has 0 bridgehead atoms. The molecule has 1 aromatic heterocycles. The van der Waals surface area contributed by atoms with Crippen molar-refractivity contribution in [2.75, 3.05) is 18.1 Å². The van der Waals surface area contributed by atoms with Gasteiger partial charge in [0, 0.05) is 18.3 Å². The summed E-state index contributed by atoms with van der Waals surface area (Å²) in [5, 5.41) is 20.0. The summed E-state index contributed by atoms with van der Waals surface area (Å²) < 4.78 is 5.82. The van der Waals surface area contributed by atoms with Gasteiger partial charge < -0.3 is 14.7 Å². The predicted molar refractivity (Wildman–Crippen MR) is 104 cm³/mol. The zero-order chi connectivity index (χ0) is 18.8. The summed E-state index contributed by atoms with van der Waals surface area (Å²) in [5.74, 6) is 1.27. The Labute approximate surface area is 158 Å². The van der Waals surface area contributed by atoms with Crippen molar-refractivity contribution in [3.8, 4) is 28.7 Å². The summed E-state index contributed by atoms with van der Waals surface area (Å²) in [6.07, 6.45) is 1.68. The van der Waals surface area contributed by atoms with Crippen molar-refractivity contribution in [1.29, 1.82) is 5.26 Å². The molecular weight excluding hydrogens is 338 g/mol.